The Morgan fingerprint density at radius 1 is 1.62 bits per heavy atom. The highest BCUT2D eigenvalue weighted by molar-refractivity contribution is 5.87. The lowest BCUT2D eigenvalue weighted by Gasteiger charge is -1.92. The van der Waals surface area contributed by atoms with E-state index in [9.17, 15) is 4.79 Å². The minimum Gasteiger partial charge on any atom is -0.478 e. The standard InChI is InChI=1S/C9H8N2O2/c10-5-1-2-8-4-3-7(6-11-8)9(12)13/h3-4,6H,5,10H2,(H,12,13). The summed E-state index contributed by atoms with van der Waals surface area (Å²) in [5.41, 5.74) is 5.83. The number of carboxylic acids is 1. The molecule has 0 aliphatic rings. The Kier molecular flexibility index (Phi) is 3.01. The first-order valence-electron chi connectivity index (χ1n) is 3.62. The van der Waals surface area contributed by atoms with Gasteiger partial charge in [0.15, 0.2) is 0 Å². The van der Waals surface area contributed by atoms with Crippen LogP contribution in [-0.4, -0.2) is 22.6 Å². The predicted octanol–water partition coefficient (Wildman–Crippen LogP) is 0.0900. The molecule has 66 valence electrons. The number of aromatic carboxylic acids is 1. The summed E-state index contributed by atoms with van der Waals surface area (Å²) in [4.78, 5) is 14.3. The minimum absolute atomic E-state index is 0.151. The van der Waals surface area contributed by atoms with Crippen molar-refractivity contribution in [3.8, 4) is 11.8 Å². The molecular formula is C9H8N2O2. The second-order valence-electron chi connectivity index (χ2n) is 2.24. The first kappa shape index (κ1) is 9.23. The molecule has 0 bridgehead atoms. The highest BCUT2D eigenvalue weighted by atomic mass is 16.4. The summed E-state index contributed by atoms with van der Waals surface area (Å²) in [5.74, 6) is 4.32. The molecule has 0 unspecified atom stereocenters. The van der Waals surface area contributed by atoms with Gasteiger partial charge < -0.3 is 10.8 Å². The van der Waals surface area contributed by atoms with E-state index < -0.39 is 5.97 Å². The first-order chi connectivity index (χ1) is 6.24. The van der Waals surface area contributed by atoms with Gasteiger partial charge >= 0.3 is 5.97 Å². The van der Waals surface area contributed by atoms with Crippen LogP contribution in [0.5, 0.6) is 0 Å². The van der Waals surface area contributed by atoms with Crippen LogP contribution in [0.1, 0.15) is 16.1 Å². The van der Waals surface area contributed by atoms with Crippen LogP contribution >= 0.6 is 0 Å². The Hall–Kier alpha value is -1.86. The average molecular weight is 176 g/mol. The number of rotatable bonds is 1. The van der Waals surface area contributed by atoms with Gasteiger partial charge in [-0.05, 0) is 18.1 Å². The van der Waals surface area contributed by atoms with Crippen molar-refractivity contribution in [1.29, 1.82) is 0 Å². The molecule has 4 heteroatoms. The number of nitrogens with zero attached hydrogens (tertiary/aromatic N) is 1. The van der Waals surface area contributed by atoms with Crippen molar-refractivity contribution in [3.63, 3.8) is 0 Å². The molecule has 0 fully saturated rings. The van der Waals surface area contributed by atoms with E-state index in [1.807, 2.05) is 0 Å². The molecule has 0 saturated carbocycles. The molecule has 4 nitrogen and oxygen atoms in total. The van der Waals surface area contributed by atoms with Gasteiger partial charge in [0, 0.05) is 6.20 Å². The zero-order valence-corrected chi connectivity index (χ0v) is 6.82. The van der Waals surface area contributed by atoms with Gasteiger partial charge in [-0.3, -0.25) is 0 Å². The topological polar surface area (TPSA) is 76.2 Å². The number of nitrogens with two attached hydrogens (primary N) is 1. The van der Waals surface area contributed by atoms with Crippen molar-refractivity contribution in [2.45, 2.75) is 0 Å². The molecule has 1 aromatic rings. The highest BCUT2D eigenvalue weighted by Crippen LogP contribution is 1.98. The summed E-state index contributed by atoms with van der Waals surface area (Å²) >= 11 is 0. The van der Waals surface area contributed by atoms with Gasteiger partial charge in [0.25, 0.3) is 0 Å². The Morgan fingerprint density at radius 3 is 2.85 bits per heavy atom. The molecule has 0 radical (unpaired) electrons. The number of pyridine rings is 1. The van der Waals surface area contributed by atoms with Gasteiger partial charge in [-0.25, -0.2) is 9.78 Å². The molecule has 0 spiro atoms. The minimum atomic E-state index is -0.995. The molecule has 1 rings (SSSR count). The second kappa shape index (κ2) is 4.24. The van der Waals surface area contributed by atoms with Gasteiger partial charge in [-0.15, -0.1) is 0 Å². The van der Waals surface area contributed by atoms with E-state index in [0.29, 0.717) is 5.69 Å². The first-order valence-corrected chi connectivity index (χ1v) is 3.62. The van der Waals surface area contributed by atoms with Crippen LogP contribution in [0.4, 0.5) is 0 Å². The van der Waals surface area contributed by atoms with E-state index in [4.69, 9.17) is 10.8 Å². The quantitative estimate of drug-likeness (QED) is 0.594. The van der Waals surface area contributed by atoms with Crippen LogP contribution in [0.25, 0.3) is 0 Å². The molecule has 0 aliphatic heterocycles. The molecule has 3 N–H and O–H groups in total. The molecular weight excluding hydrogens is 168 g/mol. The zero-order valence-electron chi connectivity index (χ0n) is 6.82. The van der Waals surface area contributed by atoms with Crippen LogP contribution < -0.4 is 5.73 Å². The summed E-state index contributed by atoms with van der Waals surface area (Å²) in [5, 5.41) is 8.56. The number of hydrogen-bond acceptors (Lipinski definition) is 3. The van der Waals surface area contributed by atoms with Gasteiger partial charge in [0.2, 0.25) is 0 Å². The highest BCUT2D eigenvalue weighted by Gasteiger charge is 2.00. The molecule has 0 aliphatic carbocycles. The Balaban J connectivity index is 2.87. The normalized spacial score (nSPS) is 8.69. The molecule has 1 heterocycles. The van der Waals surface area contributed by atoms with Crippen LogP contribution in [0.3, 0.4) is 0 Å². The lowest BCUT2D eigenvalue weighted by Crippen LogP contribution is -1.97. The third-order valence-electron chi connectivity index (χ3n) is 1.33. The summed E-state index contributed by atoms with van der Waals surface area (Å²) in [6.45, 7) is 0.266. The predicted molar refractivity (Wildman–Crippen MR) is 47.1 cm³/mol. The second-order valence-corrected chi connectivity index (χ2v) is 2.24. The van der Waals surface area contributed by atoms with Crippen molar-refractivity contribution in [3.05, 3.63) is 29.6 Å². The lowest BCUT2D eigenvalue weighted by atomic mass is 10.2. The zero-order chi connectivity index (χ0) is 9.68. The van der Waals surface area contributed by atoms with Gasteiger partial charge in [0.05, 0.1) is 12.1 Å². The smallest absolute Gasteiger partial charge is 0.337 e. The van der Waals surface area contributed by atoms with Crippen molar-refractivity contribution < 1.29 is 9.90 Å². The average Bonchev–Trinajstić information content (AvgIpc) is 2.15. The third kappa shape index (κ3) is 2.58. The van der Waals surface area contributed by atoms with Crippen LogP contribution in [0, 0.1) is 11.8 Å². The summed E-state index contributed by atoms with van der Waals surface area (Å²) in [7, 11) is 0. The van der Waals surface area contributed by atoms with E-state index in [2.05, 4.69) is 16.8 Å². The van der Waals surface area contributed by atoms with Crippen LogP contribution in [-0.2, 0) is 0 Å². The Labute approximate surface area is 75.4 Å². The van der Waals surface area contributed by atoms with E-state index in [1.54, 1.807) is 6.07 Å². The summed E-state index contributed by atoms with van der Waals surface area (Å²) < 4.78 is 0. The monoisotopic (exact) mass is 176 g/mol. The SMILES string of the molecule is NCC#Cc1ccc(C(=O)O)cn1. The van der Waals surface area contributed by atoms with E-state index in [0.717, 1.165) is 0 Å². The van der Waals surface area contributed by atoms with Crippen LogP contribution in [0.15, 0.2) is 18.3 Å². The van der Waals surface area contributed by atoms with Gasteiger partial charge in [0.1, 0.15) is 5.69 Å². The van der Waals surface area contributed by atoms with Crippen molar-refractivity contribution >= 4 is 5.97 Å². The molecule has 0 atom stereocenters. The number of carboxylic acid groups (broad SMARTS) is 1. The molecule has 0 aromatic carbocycles. The van der Waals surface area contributed by atoms with Crippen LogP contribution in [0.2, 0.25) is 0 Å². The van der Waals surface area contributed by atoms with Gasteiger partial charge in [-0.2, -0.15) is 0 Å². The number of aromatic nitrogens is 1. The molecule has 0 saturated heterocycles. The number of hydrogen-bond donors (Lipinski definition) is 2. The maximum atomic E-state index is 10.4. The Bertz CT molecular complexity index is 359. The number of carbonyl (C=O) groups is 1. The van der Waals surface area contributed by atoms with Gasteiger partial charge in [-0.1, -0.05) is 5.92 Å². The van der Waals surface area contributed by atoms with Crippen molar-refractivity contribution in [1.82, 2.24) is 4.98 Å². The molecule has 1 aromatic heterocycles. The van der Waals surface area contributed by atoms with E-state index in [1.165, 1.54) is 12.3 Å². The van der Waals surface area contributed by atoms with E-state index >= 15 is 0 Å². The summed E-state index contributed by atoms with van der Waals surface area (Å²) in [6.07, 6.45) is 1.27. The lowest BCUT2D eigenvalue weighted by molar-refractivity contribution is 0.0696. The van der Waals surface area contributed by atoms with Crippen molar-refractivity contribution in [2.24, 2.45) is 5.73 Å². The summed E-state index contributed by atoms with van der Waals surface area (Å²) in [6, 6.07) is 3.00. The molecule has 0 amide bonds. The Morgan fingerprint density at radius 2 is 2.38 bits per heavy atom. The maximum absolute atomic E-state index is 10.4. The fourth-order valence-corrected chi connectivity index (χ4v) is 0.736. The van der Waals surface area contributed by atoms with Crippen molar-refractivity contribution in [2.75, 3.05) is 6.54 Å². The third-order valence-corrected chi connectivity index (χ3v) is 1.33. The van der Waals surface area contributed by atoms with E-state index in [-0.39, 0.29) is 12.1 Å². The maximum Gasteiger partial charge on any atom is 0.337 e. The fourth-order valence-electron chi connectivity index (χ4n) is 0.736. The fraction of sp³-hybridized carbons (Fsp3) is 0.111. The molecule has 13 heavy (non-hydrogen) atoms. The largest absolute Gasteiger partial charge is 0.478 e.